The van der Waals surface area contributed by atoms with Gasteiger partial charge in [-0.1, -0.05) is 6.07 Å². The Bertz CT molecular complexity index is 768. The van der Waals surface area contributed by atoms with Crippen molar-refractivity contribution in [2.75, 3.05) is 4.72 Å². The number of nitrogens with one attached hydrogen (secondary N) is 1. The highest BCUT2D eigenvalue weighted by Crippen LogP contribution is 2.26. The highest BCUT2D eigenvalue weighted by Gasteiger charge is 2.19. The van der Waals surface area contributed by atoms with Crippen LogP contribution in [0.25, 0.3) is 0 Å². The number of anilines is 1. The summed E-state index contributed by atoms with van der Waals surface area (Å²) in [7, 11) is -3.95. The Kier molecular flexibility index (Phi) is 3.78. The van der Waals surface area contributed by atoms with Gasteiger partial charge < -0.3 is 5.11 Å². The van der Waals surface area contributed by atoms with Crippen LogP contribution in [0.4, 0.5) is 9.39 Å². The second-order valence-electron chi connectivity index (χ2n) is 3.98. The van der Waals surface area contributed by atoms with Gasteiger partial charge in [-0.2, -0.15) is 0 Å². The molecule has 0 radical (unpaired) electrons. The SMILES string of the molecule is Cc1ccc(F)cc1S(=O)(=O)Nc1ccc(C(=O)O)s1. The van der Waals surface area contributed by atoms with Crippen molar-refractivity contribution in [2.45, 2.75) is 11.8 Å². The molecule has 0 saturated heterocycles. The summed E-state index contributed by atoms with van der Waals surface area (Å²) >= 11 is 0.789. The Labute approximate surface area is 118 Å². The van der Waals surface area contributed by atoms with Crippen LogP contribution in [-0.2, 0) is 10.0 Å². The number of aromatic carboxylic acids is 1. The van der Waals surface area contributed by atoms with E-state index in [0.29, 0.717) is 5.56 Å². The summed E-state index contributed by atoms with van der Waals surface area (Å²) in [5.74, 6) is -1.80. The lowest BCUT2D eigenvalue weighted by molar-refractivity contribution is 0.0702. The van der Waals surface area contributed by atoms with Crippen LogP contribution in [0.3, 0.4) is 0 Å². The van der Waals surface area contributed by atoms with Gasteiger partial charge in [0.1, 0.15) is 15.7 Å². The van der Waals surface area contributed by atoms with Gasteiger partial charge in [0, 0.05) is 0 Å². The van der Waals surface area contributed by atoms with E-state index in [9.17, 15) is 17.6 Å². The predicted molar refractivity (Wildman–Crippen MR) is 73.2 cm³/mol. The van der Waals surface area contributed by atoms with Crippen LogP contribution in [-0.4, -0.2) is 19.5 Å². The number of aryl methyl sites for hydroxylation is 1. The number of sulfonamides is 1. The van der Waals surface area contributed by atoms with Crippen molar-refractivity contribution in [2.24, 2.45) is 0 Å². The molecule has 1 heterocycles. The molecule has 1 aromatic heterocycles. The minimum atomic E-state index is -3.95. The third-order valence-corrected chi connectivity index (χ3v) is 5.12. The molecular weight excluding hydrogens is 305 g/mol. The van der Waals surface area contributed by atoms with E-state index in [1.807, 2.05) is 0 Å². The fraction of sp³-hybridized carbons (Fsp3) is 0.0833. The molecule has 0 bridgehead atoms. The van der Waals surface area contributed by atoms with E-state index in [-0.39, 0.29) is 14.8 Å². The topological polar surface area (TPSA) is 83.5 Å². The number of hydrogen-bond acceptors (Lipinski definition) is 4. The van der Waals surface area contributed by atoms with E-state index < -0.39 is 21.8 Å². The molecule has 0 fully saturated rings. The highest BCUT2D eigenvalue weighted by molar-refractivity contribution is 7.93. The first-order valence-electron chi connectivity index (χ1n) is 5.42. The molecule has 0 saturated carbocycles. The van der Waals surface area contributed by atoms with E-state index >= 15 is 0 Å². The van der Waals surface area contributed by atoms with E-state index in [0.717, 1.165) is 17.4 Å². The zero-order valence-electron chi connectivity index (χ0n) is 10.3. The number of benzene rings is 1. The molecule has 0 aliphatic heterocycles. The number of thiophene rings is 1. The molecule has 20 heavy (non-hydrogen) atoms. The molecule has 0 atom stereocenters. The number of halogens is 1. The lowest BCUT2D eigenvalue weighted by Crippen LogP contribution is -2.13. The van der Waals surface area contributed by atoms with Crippen molar-refractivity contribution < 1.29 is 22.7 Å². The Morgan fingerprint density at radius 1 is 1.30 bits per heavy atom. The maximum absolute atomic E-state index is 13.2. The van der Waals surface area contributed by atoms with E-state index in [1.165, 1.54) is 24.3 Å². The Morgan fingerprint density at radius 2 is 2.00 bits per heavy atom. The summed E-state index contributed by atoms with van der Waals surface area (Å²) in [4.78, 5) is 10.6. The average molecular weight is 315 g/mol. The molecule has 2 aromatic rings. The normalized spacial score (nSPS) is 11.3. The van der Waals surface area contributed by atoms with Crippen LogP contribution < -0.4 is 4.72 Å². The second kappa shape index (κ2) is 5.22. The van der Waals surface area contributed by atoms with Crippen molar-refractivity contribution in [3.05, 3.63) is 46.6 Å². The van der Waals surface area contributed by atoms with Gasteiger partial charge in [0.05, 0.1) is 4.90 Å². The minimum Gasteiger partial charge on any atom is -0.477 e. The first-order valence-corrected chi connectivity index (χ1v) is 7.71. The predicted octanol–water partition coefficient (Wildman–Crippen LogP) is 2.69. The fourth-order valence-corrected chi connectivity index (χ4v) is 3.85. The van der Waals surface area contributed by atoms with Crippen molar-refractivity contribution in [3.63, 3.8) is 0 Å². The minimum absolute atomic E-state index is 0.0127. The molecule has 106 valence electrons. The zero-order valence-corrected chi connectivity index (χ0v) is 11.9. The van der Waals surface area contributed by atoms with Crippen LogP contribution in [0.5, 0.6) is 0 Å². The molecule has 0 aliphatic rings. The standard InChI is InChI=1S/C12H10FNO4S2/c1-7-2-3-8(13)6-10(7)20(17,18)14-11-5-4-9(19-11)12(15)16/h2-6,14H,1H3,(H,15,16). The lowest BCUT2D eigenvalue weighted by Gasteiger charge is -2.08. The van der Waals surface area contributed by atoms with Crippen molar-refractivity contribution in [1.82, 2.24) is 0 Å². The molecule has 0 amide bonds. The van der Waals surface area contributed by atoms with Crippen LogP contribution in [0.2, 0.25) is 0 Å². The molecule has 8 heteroatoms. The average Bonchev–Trinajstić information content (AvgIpc) is 2.80. The molecule has 0 unspecified atom stereocenters. The van der Waals surface area contributed by atoms with Crippen LogP contribution in [0.15, 0.2) is 35.2 Å². The third kappa shape index (κ3) is 2.97. The number of hydrogen-bond donors (Lipinski definition) is 2. The van der Waals surface area contributed by atoms with Gasteiger partial charge in [-0.25, -0.2) is 17.6 Å². The lowest BCUT2D eigenvalue weighted by atomic mass is 10.2. The second-order valence-corrected chi connectivity index (χ2v) is 6.72. The molecule has 0 aliphatic carbocycles. The summed E-state index contributed by atoms with van der Waals surface area (Å²) in [5, 5.41) is 8.94. The summed E-state index contributed by atoms with van der Waals surface area (Å²) in [5.41, 5.74) is 0.397. The van der Waals surface area contributed by atoms with Crippen LogP contribution >= 0.6 is 11.3 Å². The summed E-state index contributed by atoms with van der Waals surface area (Å²) in [6.45, 7) is 1.55. The van der Waals surface area contributed by atoms with Gasteiger partial charge >= 0.3 is 5.97 Å². The van der Waals surface area contributed by atoms with Gasteiger partial charge in [-0.05, 0) is 36.8 Å². The van der Waals surface area contributed by atoms with Crippen LogP contribution in [0, 0.1) is 12.7 Å². The van der Waals surface area contributed by atoms with Gasteiger partial charge in [0.25, 0.3) is 10.0 Å². The molecular formula is C12H10FNO4S2. The third-order valence-electron chi connectivity index (χ3n) is 2.49. The first-order chi connectivity index (χ1) is 9.29. The number of carboxylic acids is 1. The number of carboxylic acid groups (broad SMARTS) is 1. The maximum atomic E-state index is 13.2. The largest absolute Gasteiger partial charge is 0.477 e. The van der Waals surface area contributed by atoms with Gasteiger partial charge in [0.15, 0.2) is 0 Å². The fourth-order valence-electron chi connectivity index (χ4n) is 1.56. The Morgan fingerprint density at radius 3 is 2.60 bits per heavy atom. The monoisotopic (exact) mass is 315 g/mol. The number of rotatable bonds is 4. The Hall–Kier alpha value is -1.93. The van der Waals surface area contributed by atoms with Crippen LogP contribution in [0.1, 0.15) is 15.2 Å². The molecule has 1 aromatic carbocycles. The van der Waals surface area contributed by atoms with Gasteiger partial charge in [0.2, 0.25) is 0 Å². The molecule has 0 spiro atoms. The summed E-state index contributed by atoms with van der Waals surface area (Å²) in [6.07, 6.45) is 0. The van der Waals surface area contributed by atoms with E-state index in [4.69, 9.17) is 5.11 Å². The first kappa shape index (κ1) is 14.5. The summed E-state index contributed by atoms with van der Waals surface area (Å²) < 4.78 is 39.7. The molecule has 5 nitrogen and oxygen atoms in total. The van der Waals surface area contributed by atoms with E-state index in [2.05, 4.69) is 4.72 Å². The summed E-state index contributed by atoms with van der Waals surface area (Å²) in [6, 6.07) is 6.09. The zero-order chi connectivity index (χ0) is 14.9. The molecule has 2 rings (SSSR count). The van der Waals surface area contributed by atoms with Crippen molar-refractivity contribution in [3.8, 4) is 0 Å². The van der Waals surface area contributed by atoms with Gasteiger partial charge in [-0.15, -0.1) is 11.3 Å². The Balaban J connectivity index is 2.35. The maximum Gasteiger partial charge on any atom is 0.345 e. The van der Waals surface area contributed by atoms with Crippen molar-refractivity contribution in [1.29, 1.82) is 0 Å². The van der Waals surface area contributed by atoms with E-state index in [1.54, 1.807) is 6.92 Å². The number of carbonyl (C=O) groups is 1. The smallest absolute Gasteiger partial charge is 0.345 e. The quantitative estimate of drug-likeness (QED) is 0.908. The van der Waals surface area contributed by atoms with Crippen molar-refractivity contribution >= 4 is 32.3 Å². The molecule has 2 N–H and O–H groups in total. The van der Waals surface area contributed by atoms with Gasteiger partial charge in [-0.3, -0.25) is 4.72 Å². The highest BCUT2D eigenvalue weighted by atomic mass is 32.2.